The molecule has 0 aliphatic carbocycles. The average molecular weight is 248 g/mol. The van der Waals surface area contributed by atoms with Crippen LogP contribution in [0.5, 0.6) is 5.75 Å². The maximum atomic E-state index is 11.8. The molecule has 1 atom stereocenters. The largest absolute Gasteiger partial charge is 0.482 e. The van der Waals surface area contributed by atoms with Crippen LogP contribution in [0.15, 0.2) is 18.2 Å². The number of rotatable bonds is 4. The molecule has 1 amide bonds. The lowest BCUT2D eigenvalue weighted by Gasteiger charge is -2.29. The Morgan fingerprint density at radius 1 is 1.44 bits per heavy atom. The molecule has 98 valence electrons. The summed E-state index contributed by atoms with van der Waals surface area (Å²) in [5, 5.41) is 0. The number of fused-ring (bicyclic) bond motifs is 1. The number of likely N-dealkylation sites (N-methyl/N-ethyl adjacent to an activating group) is 1. The van der Waals surface area contributed by atoms with Crippen molar-refractivity contribution in [3.8, 4) is 5.75 Å². The number of benzene rings is 1. The molecular weight excluding hydrogens is 228 g/mol. The lowest BCUT2D eigenvalue weighted by molar-refractivity contribution is -0.121. The maximum Gasteiger partial charge on any atom is 0.265 e. The molecule has 0 spiro atoms. The average Bonchev–Trinajstić information content (AvgIpc) is 2.38. The van der Waals surface area contributed by atoms with Gasteiger partial charge in [-0.3, -0.25) is 4.79 Å². The van der Waals surface area contributed by atoms with E-state index in [0.717, 1.165) is 29.8 Å². The number of hydrogen-bond acceptors (Lipinski definition) is 3. The van der Waals surface area contributed by atoms with E-state index in [2.05, 4.69) is 6.92 Å². The first kappa shape index (κ1) is 12.9. The Morgan fingerprint density at radius 3 is 2.89 bits per heavy atom. The van der Waals surface area contributed by atoms with Gasteiger partial charge in [0, 0.05) is 12.6 Å². The molecule has 2 N–H and O–H groups in total. The minimum atomic E-state index is 0.0157. The summed E-state index contributed by atoms with van der Waals surface area (Å²) in [5.41, 5.74) is 7.99. The maximum absolute atomic E-state index is 11.8. The number of anilines is 1. The molecule has 0 radical (unpaired) electrons. The molecular formula is C14H20N2O2. The second kappa shape index (κ2) is 5.40. The third kappa shape index (κ3) is 2.48. The SMILES string of the molecule is CCC(N)Cc1ccc2c(c1)N(CC)C(=O)CO2. The molecule has 1 aliphatic rings. The molecule has 0 bridgehead atoms. The van der Waals surface area contributed by atoms with Gasteiger partial charge in [-0.25, -0.2) is 0 Å². The highest BCUT2D eigenvalue weighted by Crippen LogP contribution is 2.33. The summed E-state index contributed by atoms with van der Waals surface area (Å²) in [6, 6.07) is 6.14. The van der Waals surface area contributed by atoms with Gasteiger partial charge in [-0.2, -0.15) is 0 Å². The number of carbonyl (C=O) groups excluding carboxylic acids is 1. The highest BCUT2D eigenvalue weighted by molar-refractivity contribution is 5.97. The zero-order valence-electron chi connectivity index (χ0n) is 11.0. The monoisotopic (exact) mass is 248 g/mol. The second-order valence-corrected chi connectivity index (χ2v) is 4.60. The fraction of sp³-hybridized carbons (Fsp3) is 0.500. The van der Waals surface area contributed by atoms with Crippen molar-refractivity contribution in [2.24, 2.45) is 5.73 Å². The fourth-order valence-corrected chi connectivity index (χ4v) is 2.17. The minimum Gasteiger partial charge on any atom is -0.482 e. The van der Waals surface area contributed by atoms with Gasteiger partial charge in [-0.1, -0.05) is 13.0 Å². The smallest absolute Gasteiger partial charge is 0.265 e. The van der Waals surface area contributed by atoms with E-state index in [9.17, 15) is 4.79 Å². The van der Waals surface area contributed by atoms with Crippen LogP contribution < -0.4 is 15.4 Å². The van der Waals surface area contributed by atoms with E-state index in [1.807, 2.05) is 25.1 Å². The highest BCUT2D eigenvalue weighted by Gasteiger charge is 2.24. The van der Waals surface area contributed by atoms with Crippen LogP contribution in [0.4, 0.5) is 5.69 Å². The van der Waals surface area contributed by atoms with Crippen molar-refractivity contribution in [2.75, 3.05) is 18.1 Å². The van der Waals surface area contributed by atoms with E-state index < -0.39 is 0 Å². The lowest BCUT2D eigenvalue weighted by Crippen LogP contribution is -2.38. The van der Waals surface area contributed by atoms with Crippen LogP contribution in [0.2, 0.25) is 0 Å². The molecule has 1 unspecified atom stereocenters. The molecule has 0 aromatic heterocycles. The van der Waals surface area contributed by atoms with Gasteiger partial charge in [0.2, 0.25) is 0 Å². The summed E-state index contributed by atoms with van der Waals surface area (Å²) in [4.78, 5) is 13.5. The summed E-state index contributed by atoms with van der Waals surface area (Å²) in [7, 11) is 0. The van der Waals surface area contributed by atoms with Gasteiger partial charge in [0.25, 0.3) is 5.91 Å². The number of carbonyl (C=O) groups is 1. The summed E-state index contributed by atoms with van der Waals surface area (Å²) >= 11 is 0. The van der Waals surface area contributed by atoms with Crippen LogP contribution in [-0.2, 0) is 11.2 Å². The fourth-order valence-electron chi connectivity index (χ4n) is 2.17. The van der Waals surface area contributed by atoms with E-state index in [1.165, 1.54) is 0 Å². The highest BCUT2D eigenvalue weighted by atomic mass is 16.5. The normalized spacial score (nSPS) is 16.2. The van der Waals surface area contributed by atoms with E-state index in [-0.39, 0.29) is 18.6 Å². The summed E-state index contributed by atoms with van der Waals surface area (Å²) in [6.07, 6.45) is 1.78. The minimum absolute atomic E-state index is 0.0157. The molecule has 1 aromatic rings. The first-order valence-electron chi connectivity index (χ1n) is 6.47. The summed E-state index contributed by atoms with van der Waals surface area (Å²) in [6.45, 7) is 4.85. The van der Waals surface area contributed by atoms with E-state index >= 15 is 0 Å². The Labute approximate surface area is 108 Å². The van der Waals surface area contributed by atoms with Gasteiger partial charge >= 0.3 is 0 Å². The van der Waals surface area contributed by atoms with Crippen molar-refractivity contribution in [1.82, 2.24) is 0 Å². The van der Waals surface area contributed by atoms with E-state index in [4.69, 9.17) is 10.5 Å². The van der Waals surface area contributed by atoms with Crippen molar-refractivity contribution in [1.29, 1.82) is 0 Å². The van der Waals surface area contributed by atoms with Gasteiger partial charge in [0.15, 0.2) is 6.61 Å². The Kier molecular flexibility index (Phi) is 3.87. The number of hydrogen-bond donors (Lipinski definition) is 1. The topological polar surface area (TPSA) is 55.6 Å². The molecule has 1 aliphatic heterocycles. The van der Waals surface area contributed by atoms with Crippen molar-refractivity contribution in [3.63, 3.8) is 0 Å². The van der Waals surface area contributed by atoms with Gasteiger partial charge < -0.3 is 15.4 Å². The first-order valence-corrected chi connectivity index (χ1v) is 6.47. The third-order valence-electron chi connectivity index (χ3n) is 3.30. The van der Waals surface area contributed by atoms with Gasteiger partial charge in [-0.15, -0.1) is 0 Å². The Bertz CT molecular complexity index is 445. The molecule has 18 heavy (non-hydrogen) atoms. The molecule has 0 saturated heterocycles. The van der Waals surface area contributed by atoms with E-state index in [1.54, 1.807) is 4.90 Å². The number of nitrogens with two attached hydrogens (primary N) is 1. The van der Waals surface area contributed by atoms with Crippen LogP contribution in [-0.4, -0.2) is 25.1 Å². The Balaban J connectivity index is 2.29. The van der Waals surface area contributed by atoms with Crippen molar-refractivity contribution in [2.45, 2.75) is 32.7 Å². The Hall–Kier alpha value is -1.55. The summed E-state index contributed by atoms with van der Waals surface area (Å²) < 4.78 is 5.43. The van der Waals surface area contributed by atoms with Crippen LogP contribution in [0.1, 0.15) is 25.8 Å². The molecule has 0 saturated carbocycles. The van der Waals surface area contributed by atoms with Crippen molar-refractivity contribution in [3.05, 3.63) is 23.8 Å². The first-order chi connectivity index (χ1) is 8.65. The number of amides is 1. The zero-order chi connectivity index (χ0) is 13.1. The van der Waals surface area contributed by atoms with Gasteiger partial charge in [-0.05, 0) is 37.5 Å². The van der Waals surface area contributed by atoms with Crippen LogP contribution in [0, 0.1) is 0 Å². The summed E-state index contributed by atoms with van der Waals surface area (Å²) in [5.74, 6) is 0.798. The van der Waals surface area contributed by atoms with Crippen LogP contribution in [0.3, 0.4) is 0 Å². The molecule has 4 heteroatoms. The predicted octanol–water partition coefficient (Wildman–Crippen LogP) is 1.71. The van der Waals surface area contributed by atoms with Gasteiger partial charge in [0.1, 0.15) is 5.75 Å². The third-order valence-corrected chi connectivity index (χ3v) is 3.30. The Morgan fingerprint density at radius 2 is 2.22 bits per heavy atom. The quantitative estimate of drug-likeness (QED) is 0.882. The number of ether oxygens (including phenoxy) is 1. The van der Waals surface area contributed by atoms with Crippen molar-refractivity contribution >= 4 is 11.6 Å². The zero-order valence-corrected chi connectivity index (χ0v) is 11.0. The van der Waals surface area contributed by atoms with Crippen LogP contribution in [0.25, 0.3) is 0 Å². The second-order valence-electron chi connectivity index (χ2n) is 4.60. The van der Waals surface area contributed by atoms with E-state index in [0.29, 0.717) is 6.54 Å². The molecule has 1 aromatic carbocycles. The number of nitrogens with zero attached hydrogens (tertiary/aromatic N) is 1. The van der Waals surface area contributed by atoms with Gasteiger partial charge in [0.05, 0.1) is 5.69 Å². The standard InChI is InChI=1S/C14H20N2O2/c1-3-11(15)7-10-5-6-13-12(8-10)16(4-2)14(17)9-18-13/h5-6,8,11H,3-4,7,9,15H2,1-2H3. The molecule has 4 nitrogen and oxygen atoms in total. The molecule has 0 fully saturated rings. The van der Waals surface area contributed by atoms with Crippen LogP contribution >= 0.6 is 0 Å². The lowest BCUT2D eigenvalue weighted by atomic mass is 10.0. The van der Waals surface area contributed by atoms with Crippen molar-refractivity contribution < 1.29 is 9.53 Å². The molecule has 2 rings (SSSR count). The predicted molar refractivity (Wildman–Crippen MR) is 71.9 cm³/mol. The molecule has 1 heterocycles.